The van der Waals surface area contributed by atoms with Crippen molar-refractivity contribution in [2.45, 2.75) is 19.4 Å². The maximum absolute atomic E-state index is 13.1. The van der Waals surface area contributed by atoms with Gasteiger partial charge in [0.2, 0.25) is 11.8 Å². The number of amides is 2. The highest BCUT2D eigenvalue weighted by Crippen LogP contribution is 2.07. The Balaban J connectivity index is 1.72. The Labute approximate surface area is 134 Å². The first-order valence-corrected chi connectivity index (χ1v) is 7.32. The van der Waals surface area contributed by atoms with Crippen LogP contribution in [-0.4, -0.2) is 30.3 Å². The summed E-state index contributed by atoms with van der Waals surface area (Å²) >= 11 is 0. The number of aryl methyl sites for hydroxylation is 1. The van der Waals surface area contributed by atoms with Gasteiger partial charge < -0.3 is 14.6 Å². The molecule has 1 aromatic heterocycles. The molecule has 0 spiro atoms. The molecule has 0 aliphatic heterocycles. The van der Waals surface area contributed by atoms with Crippen LogP contribution >= 0.6 is 0 Å². The van der Waals surface area contributed by atoms with Crippen LogP contribution in [0.5, 0.6) is 0 Å². The number of carbonyl (C=O) groups is 2. The molecule has 2 rings (SSSR count). The number of likely N-dealkylation sites (N-methyl/N-ethyl adjacent to an activating group) is 1. The monoisotopic (exact) mass is 318 g/mol. The minimum absolute atomic E-state index is 0.0251. The highest BCUT2D eigenvalue weighted by molar-refractivity contribution is 5.84. The smallest absolute Gasteiger partial charge is 0.239 e. The van der Waals surface area contributed by atoms with Crippen molar-refractivity contribution in [2.75, 3.05) is 13.6 Å². The molecule has 5 nitrogen and oxygen atoms in total. The van der Waals surface area contributed by atoms with Crippen molar-refractivity contribution in [3.05, 3.63) is 59.8 Å². The molecular weight excluding hydrogens is 299 g/mol. The summed E-state index contributed by atoms with van der Waals surface area (Å²) < 4.78 is 18.2. The van der Waals surface area contributed by atoms with Gasteiger partial charge in [-0.1, -0.05) is 12.1 Å². The van der Waals surface area contributed by atoms with Crippen LogP contribution in [0, 0.1) is 5.82 Å². The number of rotatable bonds is 7. The topological polar surface area (TPSA) is 62.6 Å². The van der Waals surface area contributed by atoms with Crippen molar-refractivity contribution in [3.8, 4) is 0 Å². The summed E-state index contributed by atoms with van der Waals surface area (Å²) in [5.74, 6) is -0.0931. The van der Waals surface area contributed by atoms with Gasteiger partial charge in [-0.15, -0.1) is 0 Å². The van der Waals surface area contributed by atoms with Gasteiger partial charge in [-0.25, -0.2) is 4.39 Å². The van der Waals surface area contributed by atoms with Gasteiger partial charge >= 0.3 is 0 Å². The molecule has 0 aliphatic carbocycles. The zero-order chi connectivity index (χ0) is 16.7. The van der Waals surface area contributed by atoms with Gasteiger partial charge in [0, 0.05) is 13.5 Å². The van der Waals surface area contributed by atoms with Crippen LogP contribution in [0.15, 0.2) is 47.1 Å². The van der Waals surface area contributed by atoms with Gasteiger partial charge in [-0.2, -0.15) is 0 Å². The Kier molecular flexibility index (Phi) is 5.91. The molecule has 2 aromatic rings. The van der Waals surface area contributed by atoms with Crippen LogP contribution in [-0.2, 0) is 22.6 Å². The molecule has 0 unspecified atom stereocenters. The van der Waals surface area contributed by atoms with E-state index in [1.54, 1.807) is 31.3 Å². The quantitative estimate of drug-likeness (QED) is 0.850. The largest absolute Gasteiger partial charge is 0.467 e. The third-order valence-electron chi connectivity index (χ3n) is 3.36. The molecule has 0 fully saturated rings. The summed E-state index contributed by atoms with van der Waals surface area (Å²) in [6, 6.07) is 9.65. The number of furan rings is 1. The summed E-state index contributed by atoms with van der Waals surface area (Å²) in [6.07, 6.45) is 2.20. The zero-order valence-corrected chi connectivity index (χ0v) is 12.9. The average molecular weight is 318 g/mol. The second kappa shape index (κ2) is 8.12. The molecule has 0 saturated heterocycles. The van der Waals surface area contributed by atoms with Crippen LogP contribution in [0.4, 0.5) is 4.39 Å². The van der Waals surface area contributed by atoms with E-state index in [1.807, 2.05) is 0 Å². The number of nitrogens with one attached hydrogen (secondary N) is 1. The molecule has 1 heterocycles. The van der Waals surface area contributed by atoms with Crippen molar-refractivity contribution in [2.24, 2.45) is 0 Å². The second-order valence-electron chi connectivity index (χ2n) is 5.24. The van der Waals surface area contributed by atoms with Crippen molar-refractivity contribution < 1.29 is 18.4 Å². The Morgan fingerprint density at radius 3 is 2.78 bits per heavy atom. The van der Waals surface area contributed by atoms with Gasteiger partial charge in [-0.05, 0) is 36.2 Å². The molecule has 0 bridgehead atoms. The fourth-order valence-corrected chi connectivity index (χ4v) is 2.09. The average Bonchev–Trinajstić information content (AvgIpc) is 3.04. The van der Waals surface area contributed by atoms with Gasteiger partial charge in [0.15, 0.2) is 0 Å². The molecule has 122 valence electrons. The van der Waals surface area contributed by atoms with Gasteiger partial charge in [0.05, 0.1) is 19.4 Å². The summed E-state index contributed by atoms with van der Waals surface area (Å²) in [6.45, 7) is 0.264. The van der Waals surface area contributed by atoms with E-state index in [4.69, 9.17) is 4.42 Å². The van der Waals surface area contributed by atoms with Crippen molar-refractivity contribution in [3.63, 3.8) is 0 Å². The van der Waals surface area contributed by atoms with Crippen LogP contribution in [0.3, 0.4) is 0 Å². The van der Waals surface area contributed by atoms with E-state index in [2.05, 4.69) is 5.32 Å². The van der Waals surface area contributed by atoms with E-state index in [-0.39, 0.29) is 37.1 Å². The fourth-order valence-electron chi connectivity index (χ4n) is 2.09. The fraction of sp³-hybridized carbons (Fsp3) is 0.294. The van der Waals surface area contributed by atoms with E-state index in [1.165, 1.54) is 23.3 Å². The van der Waals surface area contributed by atoms with Gasteiger partial charge in [-0.3, -0.25) is 9.59 Å². The lowest BCUT2D eigenvalue weighted by molar-refractivity contribution is -0.134. The van der Waals surface area contributed by atoms with Crippen LogP contribution in [0.2, 0.25) is 0 Å². The summed E-state index contributed by atoms with van der Waals surface area (Å²) in [7, 11) is 1.57. The van der Waals surface area contributed by atoms with Crippen LogP contribution < -0.4 is 5.32 Å². The Morgan fingerprint density at radius 2 is 2.09 bits per heavy atom. The summed E-state index contributed by atoms with van der Waals surface area (Å²) in [4.78, 5) is 25.1. The number of halogens is 1. The number of benzene rings is 1. The molecule has 23 heavy (non-hydrogen) atoms. The minimum Gasteiger partial charge on any atom is -0.467 e. The molecular formula is C17H19FN2O3. The van der Waals surface area contributed by atoms with Crippen molar-refractivity contribution in [1.29, 1.82) is 0 Å². The molecule has 0 aliphatic rings. The van der Waals surface area contributed by atoms with E-state index < -0.39 is 0 Å². The normalized spacial score (nSPS) is 10.3. The van der Waals surface area contributed by atoms with Crippen LogP contribution in [0.25, 0.3) is 0 Å². The third-order valence-corrected chi connectivity index (χ3v) is 3.36. The van der Waals surface area contributed by atoms with Crippen molar-refractivity contribution in [1.82, 2.24) is 10.2 Å². The first-order chi connectivity index (χ1) is 11.0. The van der Waals surface area contributed by atoms with E-state index >= 15 is 0 Å². The third kappa shape index (κ3) is 5.58. The van der Waals surface area contributed by atoms with Gasteiger partial charge in [0.25, 0.3) is 0 Å². The maximum Gasteiger partial charge on any atom is 0.239 e. The van der Waals surface area contributed by atoms with E-state index in [0.29, 0.717) is 12.2 Å². The molecule has 0 saturated carbocycles. The first-order valence-electron chi connectivity index (χ1n) is 7.32. The summed E-state index contributed by atoms with van der Waals surface area (Å²) in [5.41, 5.74) is 0.758. The lowest BCUT2D eigenvalue weighted by Crippen LogP contribution is -2.38. The lowest BCUT2D eigenvalue weighted by Gasteiger charge is -2.16. The number of carbonyl (C=O) groups excluding carboxylic acids is 2. The molecule has 6 heteroatoms. The predicted octanol–water partition coefficient (Wildman–Crippen LogP) is 2.13. The van der Waals surface area contributed by atoms with E-state index in [9.17, 15) is 14.0 Å². The van der Waals surface area contributed by atoms with Gasteiger partial charge in [0.1, 0.15) is 11.6 Å². The molecule has 1 N–H and O–H groups in total. The maximum atomic E-state index is 13.1. The lowest BCUT2D eigenvalue weighted by atomic mass is 10.1. The SMILES string of the molecule is CN(CC(=O)NCc1ccco1)C(=O)CCc1cccc(F)c1. The first kappa shape index (κ1) is 16.7. The molecule has 2 amide bonds. The molecule has 0 atom stereocenters. The molecule has 0 radical (unpaired) electrons. The predicted molar refractivity (Wildman–Crippen MR) is 82.9 cm³/mol. The number of hydrogen-bond acceptors (Lipinski definition) is 3. The van der Waals surface area contributed by atoms with Crippen LogP contribution in [0.1, 0.15) is 17.7 Å². The highest BCUT2D eigenvalue weighted by atomic mass is 19.1. The van der Waals surface area contributed by atoms with Crippen molar-refractivity contribution >= 4 is 11.8 Å². The minimum atomic E-state index is -0.319. The Morgan fingerprint density at radius 1 is 1.26 bits per heavy atom. The zero-order valence-electron chi connectivity index (χ0n) is 12.9. The molecule has 1 aromatic carbocycles. The Hall–Kier alpha value is -2.63. The standard InChI is InChI=1S/C17H19FN2O3/c1-20(12-16(21)19-11-15-6-3-9-23-15)17(22)8-7-13-4-2-5-14(18)10-13/h2-6,9-10H,7-8,11-12H2,1H3,(H,19,21). The van der Waals surface area contributed by atoms with E-state index in [0.717, 1.165) is 5.56 Å². The highest BCUT2D eigenvalue weighted by Gasteiger charge is 2.13. The second-order valence-corrected chi connectivity index (χ2v) is 5.24. The summed E-state index contributed by atoms with van der Waals surface area (Å²) in [5, 5.41) is 2.68. The number of hydrogen-bond donors (Lipinski definition) is 1. The Bertz CT molecular complexity index is 656. The number of nitrogens with zero attached hydrogens (tertiary/aromatic N) is 1.